The fraction of sp³-hybridized carbons (Fsp3) is 0.222. The summed E-state index contributed by atoms with van der Waals surface area (Å²) in [6.07, 6.45) is 1.55. The Morgan fingerprint density at radius 2 is 1.76 bits per heavy atom. The fourth-order valence-electron chi connectivity index (χ4n) is 4.19. The van der Waals surface area contributed by atoms with Crippen LogP contribution in [0.3, 0.4) is 0 Å². The van der Waals surface area contributed by atoms with Gasteiger partial charge in [0.25, 0.3) is 11.7 Å². The molecular weight excluding hydrogens is 418 g/mol. The van der Waals surface area contributed by atoms with Gasteiger partial charge >= 0.3 is 5.97 Å². The summed E-state index contributed by atoms with van der Waals surface area (Å²) in [7, 11) is 0. The average molecular weight is 443 g/mol. The van der Waals surface area contributed by atoms with Gasteiger partial charge in [-0.1, -0.05) is 61.9 Å². The Bertz CT molecular complexity index is 1280. The third-order valence-electron chi connectivity index (χ3n) is 5.75. The molecule has 1 heterocycles. The zero-order valence-corrected chi connectivity index (χ0v) is 18.6. The first-order valence-corrected chi connectivity index (χ1v) is 11.0. The highest BCUT2D eigenvalue weighted by atomic mass is 16.5. The minimum Gasteiger partial charge on any atom is -0.507 e. The van der Waals surface area contributed by atoms with Crippen molar-refractivity contribution in [2.45, 2.75) is 32.7 Å². The third-order valence-corrected chi connectivity index (χ3v) is 5.75. The van der Waals surface area contributed by atoms with E-state index >= 15 is 0 Å². The molecule has 1 saturated heterocycles. The molecule has 0 aliphatic carbocycles. The lowest BCUT2D eigenvalue weighted by atomic mass is 9.94. The number of carbonyl (C=O) groups is 3. The van der Waals surface area contributed by atoms with Crippen LogP contribution in [0.5, 0.6) is 5.75 Å². The van der Waals surface area contributed by atoms with Gasteiger partial charge < -0.3 is 14.7 Å². The monoisotopic (exact) mass is 443 g/mol. The molecule has 168 valence electrons. The van der Waals surface area contributed by atoms with E-state index in [0.717, 1.165) is 17.2 Å². The zero-order chi connectivity index (χ0) is 23.5. The Balaban J connectivity index is 1.87. The van der Waals surface area contributed by atoms with Crippen LogP contribution in [0.4, 0.5) is 0 Å². The van der Waals surface area contributed by atoms with Crippen molar-refractivity contribution in [1.82, 2.24) is 4.90 Å². The molecule has 0 saturated carbocycles. The predicted octanol–water partition coefficient (Wildman–Crippen LogP) is 4.99. The zero-order valence-electron chi connectivity index (χ0n) is 18.6. The van der Waals surface area contributed by atoms with Gasteiger partial charge in [0, 0.05) is 19.0 Å². The van der Waals surface area contributed by atoms with Crippen LogP contribution in [0.15, 0.2) is 72.3 Å². The van der Waals surface area contributed by atoms with Gasteiger partial charge in [0.2, 0.25) is 0 Å². The van der Waals surface area contributed by atoms with Gasteiger partial charge in [-0.3, -0.25) is 14.4 Å². The highest BCUT2D eigenvalue weighted by molar-refractivity contribution is 6.46. The molecule has 0 bridgehead atoms. The van der Waals surface area contributed by atoms with Crippen LogP contribution >= 0.6 is 0 Å². The highest BCUT2D eigenvalue weighted by Gasteiger charge is 2.45. The molecule has 1 fully saturated rings. The number of rotatable bonds is 6. The summed E-state index contributed by atoms with van der Waals surface area (Å²) in [4.78, 5) is 39.0. The van der Waals surface area contributed by atoms with Crippen LogP contribution in [0, 0.1) is 0 Å². The van der Waals surface area contributed by atoms with E-state index in [1.165, 1.54) is 11.8 Å². The van der Waals surface area contributed by atoms with Gasteiger partial charge in [0.1, 0.15) is 11.5 Å². The van der Waals surface area contributed by atoms with E-state index in [1.807, 2.05) is 37.3 Å². The van der Waals surface area contributed by atoms with E-state index < -0.39 is 23.7 Å². The summed E-state index contributed by atoms with van der Waals surface area (Å²) in [5.41, 5.74) is 1.08. The molecule has 1 aliphatic rings. The number of hydrogen-bond acceptors (Lipinski definition) is 5. The lowest BCUT2D eigenvalue weighted by Gasteiger charge is -2.25. The molecular formula is C27H25NO5. The van der Waals surface area contributed by atoms with Crippen LogP contribution in [0.25, 0.3) is 16.5 Å². The summed E-state index contributed by atoms with van der Waals surface area (Å²) in [5, 5.41) is 13.2. The second-order valence-electron chi connectivity index (χ2n) is 8.07. The highest BCUT2D eigenvalue weighted by Crippen LogP contribution is 2.40. The number of fused-ring (bicyclic) bond motifs is 1. The van der Waals surface area contributed by atoms with Crippen molar-refractivity contribution in [1.29, 1.82) is 0 Å². The number of Topliss-reactive ketones (excluding diaryl/α,β-unsaturated/α-hetero) is 1. The second kappa shape index (κ2) is 9.28. The smallest absolute Gasteiger partial charge is 0.308 e. The normalized spacial score (nSPS) is 17.5. The number of esters is 1. The van der Waals surface area contributed by atoms with Crippen LogP contribution in [-0.2, 0) is 14.4 Å². The molecule has 6 nitrogen and oxygen atoms in total. The minimum absolute atomic E-state index is 0.0337. The molecule has 3 aromatic rings. The van der Waals surface area contributed by atoms with Crippen molar-refractivity contribution in [2.75, 3.05) is 6.54 Å². The average Bonchev–Trinajstić information content (AvgIpc) is 3.06. The van der Waals surface area contributed by atoms with Gasteiger partial charge in [0.05, 0.1) is 11.6 Å². The molecule has 0 aromatic heterocycles. The Morgan fingerprint density at radius 1 is 1.00 bits per heavy atom. The largest absolute Gasteiger partial charge is 0.507 e. The van der Waals surface area contributed by atoms with Crippen molar-refractivity contribution in [3.05, 3.63) is 83.4 Å². The number of likely N-dealkylation sites (tertiary alicyclic amines) is 1. The Hall–Kier alpha value is -3.93. The van der Waals surface area contributed by atoms with Crippen molar-refractivity contribution in [3.63, 3.8) is 0 Å². The van der Waals surface area contributed by atoms with Crippen LogP contribution in [-0.4, -0.2) is 34.2 Å². The number of nitrogens with zero attached hydrogens (tertiary/aromatic N) is 1. The third kappa shape index (κ3) is 4.37. The number of unbranched alkanes of at least 4 members (excludes halogenated alkanes) is 1. The van der Waals surface area contributed by atoms with Gasteiger partial charge in [-0.25, -0.2) is 0 Å². The number of ether oxygens (including phenoxy) is 1. The van der Waals surface area contributed by atoms with E-state index in [9.17, 15) is 19.5 Å². The summed E-state index contributed by atoms with van der Waals surface area (Å²) in [5.74, 6) is -1.75. The van der Waals surface area contributed by atoms with Crippen LogP contribution < -0.4 is 4.74 Å². The summed E-state index contributed by atoms with van der Waals surface area (Å²) < 4.78 is 5.21. The van der Waals surface area contributed by atoms with Gasteiger partial charge in [0.15, 0.2) is 0 Å². The van der Waals surface area contributed by atoms with Crippen molar-refractivity contribution in [3.8, 4) is 5.75 Å². The summed E-state index contributed by atoms with van der Waals surface area (Å²) >= 11 is 0. The molecule has 1 amide bonds. The van der Waals surface area contributed by atoms with Crippen molar-refractivity contribution >= 4 is 34.2 Å². The van der Waals surface area contributed by atoms with E-state index in [1.54, 1.807) is 36.4 Å². The number of ketones is 1. The van der Waals surface area contributed by atoms with E-state index in [0.29, 0.717) is 29.8 Å². The second-order valence-corrected chi connectivity index (χ2v) is 8.07. The molecule has 1 atom stereocenters. The molecule has 33 heavy (non-hydrogen) atoms. The van der Waals surface area contributed by atoms with Crippen molar-refractivity contribution in [2.24, 2.45) is 0 Å². The number of aliphatic hydroxyl groups excluding tert-OH is 1. The van der Waals surface area contributed by atoms with Crippen molar-refractivity contribution < 1.29 is 24.2 Å². The first kappa shape index (κ1) is 22.3. The van der Waals surface area contributed by atoms with E-state index in [2.05, 4.69) is 0 Å². The molecule has 6 heteroatoms. The van der Waals surface area contributed by atoms with Gasteiger partial charge in [-0.2, -0.15) is 0 Å². The Labute approximate surface area is 192 Å². The number of amides is 1. The van der Waals surface area contributed by atoms with E-state index in [-0.39, 0.29) is 11.3 Å². The first-order chi connectivity index (χ1) is 15.9. The molecule has 1 aliphatic heterocycles. The maximum Gasteiger partial charge on any atom is 0.308 e. The standard InChI is InChI=1S/C27H25NO5/c1-3-4-14-28-24(20-10-7-11-22(16-20)33-17(2)29)23(26(31)27(28)32)25(30)21-13-12-18-8-5-6-9-19(18)15-21/h5-13,15-16,24,30H,3-4,14H2,1-2H3/b25-23-. The molecule has 3 aromatic carbocycles. The number of carbonyl (C=O) groups excluding carboxylic acids is 3. The topological polar surface area (TPSA) is 83.9 Å². The number of aliphatic hydroxyl groups is 1. The van der Waals surface area contributed by atoms with Gasteiger partial charge in [-0.15, -0.1) is 0 Å². The lowest BCUT2D eigenvalue weighted by Crippen LogP contribution is -2.30. The predicted molar refractivity (Wildman–Crippen MR) is 126 cm³/mol. The fourth-order valence-corrected chi connectivity index (χ4v) is 4.19. The van der Waals surface area contributed by atoms with Crippen LogP contribution in [0.2, 0.25) is 0 Å². The Morgan fingerprint density at radius 3 is 2.48 bits per heavy atom. The van der Waals surface area contributed by atoms with Gasteiger partial charge in [-0.05, 0) is 41.0 Å². The van der Waals surface area contributed by atoms with E-state index in [4.69, 9.17) is 4.74 Å². The summed E-state index contributed by atoms with van der Waals surface area (Å²) in [6, 6.07) is 19.1. The molecule has 1 unspecified atom stereocenters. The quantitative estimate of drug-likeness (QED) is 0.191. The first-order valence-electron chi connectivity index (χ1n) is 11.0. The maximum atomic E-state index is 13.1. The molecule has 4 rings (SSSR count). The number of hydrogen-bond donors (Lipinski definition) is 1. The molecule has 1 N–H and O–H groups in total. The Kier molecular flexibility index (Phi) is 6.27. The molecule has 0 radical (unpaired) electrons. The lowest BCUT2D eigenvalue weighted by molar-refractivity contribution is -0.139. The molecule has 0 spiro atoms. The van der Waals surface area contributed by atoms with Crippen LogP contribution in [0.1, 0.15) is 43.9 Å². The minimum atomic E-state index is -0.779. The maximum absolute atomic E-state index is 13.1. The SMILES string of the molecule is CCCCN1C(=O)C(=O)/C(=C(\O)c2ccc3ccccc3c2)C1c1cccc(OC(C)=O)c1. The summed E-state index contributed by atoms with van der Waals surface area (Å²) in [6.45, 7) is 3.68. The number of benzene rings is 3.